The lowest BCUT2D eigenvalue weighted by molar-refractivity contribution is 0.866. The quantitative estimate of drug-likeness (QED) is 0.869. The number of aromatic nitrogens is 1. The third-order valence-corrected chi connectivity index (χ3v) is 3.02. The molecule has 18 heavy (non-hydrogen) atoms. The minimum Gasteiger partial charge on any atom is -0.379 e. The zero-order chi connectivity index (χ0) is 13.0. The van der Waals surface area contributed by atoms with E-state index < -0.39 is 0 Å². The normalized spacial score (nSPS) is 10.7. The first-order valence-electron chi connectivity index (χ1n) is 6.40. The van der Waals surface area contributed by atoms with E-state index in [0.717, 1.165) is 17.9 Å². The summed E-state index contributed by atoms with van der Waals surface area (Å²) in [7, 11) is 0. The molecule has 2 rings (SSSR count). The van der Waals surface area contributed by atoms with Crippen LogP contribution in [0.25, 0.3) is 0 Å². The molecule has 1 N–H and O–H groups in total. The van der Waals surface area contributed by atoms with Crippen LogP contribution in [0.15, 0.2) is 42.6 Å². The standard InChI is InChI=1S/C16H20N2/c1-12(2)14-5-8-15(9-6-14)18-11-16-7-4-13(3)10-17-16/h4-10,12,18H,11H2,1-3H3. The Labute approximate surface area is 109 Å². The van der Waals surface area contributed by atoms with E-state index in [1.165, 1.54) is 11.1 Å². The molecule has 0 atom stereocenters. The second-order valence-corrected chi connectivity index (χ2v) is 4.96. The molecule has 0 bridgehead atoms. The number of nitrogens with one attached hydrogen (secondary N) is 1. The van der Waals surface area contributed by atoms with Crippen LogP contribution < -0.4 is 5.32 Å². The fourth-order valence-electron chi connectivity index (χ4n) is 1.78. The molecule has 1 heterocycles. The largest absolute Gasteiger partial charge is 0.379 e. The third-order valence-electron chi connectivity index (χ3n) is 3.02. The monoisotopic (exact) mass is 240 g/mol. The maximum Gasteiger partial charge on any atom is 0.0594 e. The fourth-order valence-corrected chi connectivity index (χ4v) is 1.78. The number of pyridine rings is 1. The van der Waals surface area contributed by atoms with Gasteiger partial charge in [-0.15, -0.1) is 0 Å². The number of nitrogens with zero attached hydrogens (tertiary/aromatic N) is 1. The van der Waals surface area contributed by atoms with Gasteiger partial charge in [-0.1, -0.05) is 32.0 Å². The molecule has 0 aliphatic heterocycles. The van der Waals surface area contributed by atoms with Gasteiger partial charge >= 0.3 is 0 Å². The Kier molecular flexibility index (Phi) is 3.98. The first kappa shape index (κ1) is 12.6. The van der Waals surface area contributed by atoms with E-state index in [9.17, 15) is 0 Å². The summed E-state index contributed by atoms with van der Waals surface area (Å²) in [6.07, 6.45) is 1.90. The van der Waals surface area contributed by atoms with E-state index in [4.69, 9.17) is 0 Å². The summed E-state index contributed by atoms with van der Waals surface area (Å²) in [6.45, 7) is 7.23. The molecule has 1 aromatic carbocycles. The van der Waals surface area contributed by atoms with Crippen molar-refractivity contribution in [3.8, 4) is 0 Å². The molecule has 2 heteroatoms. The molecule has 0 aliphatic rings. The number of hydrogen-bond donors (Lipinski definition) is 1. The molecule has 2 aromatic rings. The van der Waals surface area contributed by atoms with E-state index in [1.54, 1.807) is 0 Å². The highest BCUT2D eigenvalue weighted by Crippen LogP contribution is 2.17. The van der Waals surface area contributed by atoms with Gasteiger partial charge in [0, 0.05) is 11.9 Å². The summed E-state index contributed by atoms with van der Waals surface area (Å²) in [4.78, 5) is 4.38. The van der Waals surface area contributed by atoms with Crippen LogP contribution in [0.4, 0.5) is 5.69 Å². The topological polar surface area (TPSA) is 24.9 Å². The molecule has 94 valence electrons. The van der Waals surface area contributed by atoms with Gasteiger partial charge < -0.3 is 5.32 Å². The van der Waals surface area contributed by atoms with Crippen molar-refractivity contribution in [1.29, 1.82) is 0 Å². The van der Waals surface area contributed by atoms with Crippen LogP contribution in [0.3, 0.4) is 0 Å². The van der Waals surface area contributed by atoms with Gasteiger partial charge in [0.1, 0.15) is 0 Å². The van der Waals surface area contributed by atoms with Crippen LogP contribution in [0.5, 0.6) is 0 Å². The Morgan fingerprint density at radius 1 is 1.06 bits per heavy atom. The lowest BCUT2D eigenvalue weighted by Gasteiger charge is -2.09. The SMILES string of the molecule is Cc1ccc(CNc2ccc(C(C)C)cc2)nc1. The fraction of sp³-hybridized carbons (Fsp3) is 0.312. The van der Waals surface area contributed by atoms with Crippen molar-refractivity contribution in [2.24, 2.45) is 0 Å². The van der Waals surface area contributed by atoms with Gasteiger partial charge in [0.25, 0.3) is 0 Å². The number of rotatable bonds is 4. The molecule has 0 fully saturated rings. The molecule has 0 radical (unpaired) electrons. The summed E-state index contributed by atoms with van der Waals surface area (Å²) in [6, 6.07) is 12.8. The second-order valence-electron chi connectivity index (χ2n) is 4.96. The van der Waals surface area contributed by atoms with E-state index in [-0.39, 0.29) is 0 Å². The highest BCUT2D eigenvalue weighted by molar-refractivity contribution is 5.45. The van der Waals surface area contributed by atoms with E-state index in [2.05, 4.69) is 67.5 Å². The first-order chi connectivity index (χ1) is 8.65. The third kappa shape index (κ3) is 3.33. The molecule has 0 unspecified atom stereocenters. The predicted octanol–water partition coefficient (Wildman–Crippen LogP) is 4.13. The van der Waals surface area contributed by atoms with Crippen molar-refractivity contribution < 1.29 is 0 Å². The Morgan fingerprint density at radius 3 is 2.33 bits per heavy atom. The van der Waals surface area contributed by atoms with Crippen molar-refractivity contribution in [3.63, 3.8) is 0 Å². The maximum atomic E-state index is 4.38. The zero-order valence-electron chi connectivity index (χ0n) is 11.3. The van der Waals surface area contributed by atoms with Gasteiger partial charge in [-0.25, -0.2) is 0 Å². The molecule has 2 nitrogen and oxygen atoms in total. The van der Waals surface area contributed by atoms with Crippen LogP contribution >= 0.6 is 0 Å². The number of benzene rings is 1. The highest BCUT2D eigenvalue weighted by atomic mass is 14.9. The van der Waals surface area contributed by atoms with Crippen molar-refractivity contribution in [1.82, 2.24) is 4.98 Å². The summed E-state index contributed by atoms with van der Waals surface area (Å²) in [5, 5.41) is 3.38. The molecule has 0 spiro atoms. The zero-order valence-corrected chi connectivity index (χ0v) is 11.3. The van der Waals surface area contributed by atoms with Gasteiger partial charge in [-0.05, 0) is 42.2 Å². The lowest BCUT2D eigenvalue weighted by atomic mass is 10.0. The number of hydrogen-bond acceptors (Lipinski definition) is 2. The first-order valence-corrected chi connectivity index (χ1v) is 6.40. The van der Waals surface area contributed by atoms with Gasteiger partial charge in [0.05, 0.1) is 12.2 Å². The molecular formula is C16H20N2. The number of anilines is 1. The Bertz CT molecular complexity index is 484. The minimum absolute atomic E-state index is 0.581. The van der Waals surface area contributed by atoms with Crippen LogP contribution in [-0.4, -0.2) is 4.98 Å². The van der Waals surface area contributed by atoms with Gasteiger partial charge in [0.15, 0.2) is 0 Å². The van der Waals surface area contributed by atoms with Crippen molar-refractivity contribution in [2.45, 2.75) is 33.2 Å². The van der Waals surface area contributed by atoms with Crippen molar-refractivity contribution in [3.05, 3.63) is 59.4 Å². The molecule has 0 aliphatic carbocycles. The number of aryl methyl sites for hydroxylation is 1. The molecule has 0 saturated carbocycles. The Hall–Kier alpha value is -1.83. The van der Waals surface area contributed by atoms with Gasteiger partial charge in [-0.3, -0.25) is 4.98 Å². The highest BCUT2D eigenvalue weighted by Gasteiger charge is 1.99. The molecule has 0 amide bonds. The Morgan fingerprint density at radius 2 is 1.78 bits per heavy atom. The maximum absolute atomic E-state index is 4.38. The molecular weight excluding hydrogens is 220 g/mol. The summed E-state index contributed by atoms with van der Waals surface area (Å²) in [5.41, 5.74) is 4.77. The van der Waals surface area contributed by atoms with Crippen LogP contribution in [0.2, 0.25) is 0 Å². The van der Waals surface area contributed by atoms with Crippen molar-refractivity contribution >= 4 is 5.69 Å². The second kappa shape index (κ2) is 5.67. The average Bonchev–Trinajstić information content (AvgIpc) is 2.38. The van der Waals surface area contributed by atoms with E-state index >= 15 is 0 Å². The summed E-state index contributed by atoms with van der Waals surface area (Å²) < 4.78 is 0. The Balaban J connectivity index is 1.95. The average molecular weight is 240 g/mol. The van der Waals surface area contributed by atoms with Crippen LogP contribution in [0.1, 0.15) is 36.6 Å². The molecule has 0 saturated heterocycles. The van der Waals surface area contributed by atoms with Crippen LogP contribution in [-0.2, 0) is 6.54 Å². The van der Waals surface area contributed by atoms with Gasteiger partial charge in [-0.2, -0.15) is 0 Å². The van der Waals surface area contributed by atoms with Crippen LogP contribution in [0, 0.1) is 6.92 Å². The molecule has 1 aromatic heterocycles. The van der Waals surface area contributed by atoms with E-state index in [0.29, 0.717) is 5.92 Å². The van der Waals surface area contributed by atoms with Crippen molar-refractivity contribution in [2.75, 3.05) is 5.32 Å². The smallest absolute Gasteiger partial charge is 0.0594 e. The summed E-state index contributed by atoms with van der Waals surface area (Å²) >= 11 is 0. The minimum atomic E-state index is 0.581. The summed E-state index contributed by atoms with van der Waals surface area (Å²) in [5.74, 6) is 0.581. The predicted molar refractivity (Wildman–Crippen MR) is 76.8 cm³/mol. The lowest BCUT2D eigenvalue weighted by Crippen LogP contribution is -2.01. The van der Waals surface area contributed by atoms with E-state index in [1.807, 2.05) is 6.20 Å². The van der Waals surface area contributed by atoms with Gasteiger partial charge in [0.2, 0.25) is 0 Å².